The normalized spacial score (nSPS) is 11.2. The molecule has 0 saturated heterocycles. The lowest BCUT2D eigenvalue weighted by Gasteiger charge is -2.08. The molecule has 158 valence electrons. The number of H-pyrrole nitrogens is 1. The van der Waals surface area contributed by atoms with Crippen molar-refractivity contribution in [1.29, 1.82) is 0 Å². The Kier molecular flexibility index (Phi) is 6.22. The molecular weight excluding hydrogens is 428 g/mol. The Morgan fingerprint density at radius 3 is 2.50 bits per heavy atom. The topological polar surface area (TPSA) is 130 Å². The Balaban J connectivity index is 1.76. The van der Waals surface area contributed by atoms with E-state index in [1.54, 1.807) is 26.2 Å². The zero-order chi connectivity index (χ0) is 21.9. The predicted octanol–water partition coefficient (Wildman–Crippen LogP) is 3.32. The highest BCUT2D eigenvalue weighted by Gasteiger charge is 2.23. The molecule has 11 heteroatoms. The number of amides is 1. The number of sulfonamides is 1. The van der Waals surface area contributed by atoms with Gasteiger partial charge in [-0.1, -0.05) is 0 Å². The fraction of sp³-hybridized carbons (Fsp3) is 0.211. The van der Waals surface area contributed by atoms with E-state index in [1.165, 1.54) is 41.8 Å². The largest absolute Gasteiger partial charge is 0.461 e. The molecule has 0 radical (unpaired) electrons. The van der Waals surface area contributed by atoms with Gasteiger partial charge < -0.3 is 15.0 Å². The van der Waals surface area contributed by atoms with Crippen LogP contribution in [0.4, 0.5) is 10.8 Å². The van der Waals surface area contributed by atoms with E-state index in [2.05, 4.69) is 20.0 Å². The molecule has 0 saturated carbocycles. The summed E-state index contributed by atoms with van der Waals surface area (Å²) in [6, 6.07) is 5.73. The molecule has 3 N–H and O–H groups in total. The van der Waals surface area contributed by atoms with Crippen molar-refractivity contribution in [3.8, 4) is 0 Å². The van der Waals surface area contributed by atoms with E-state index in [4.69, 9.17) is 4.74 Å². The second kappa shape index (κ2) is 8.67. The van der Waals surface area contributed by atoms with Crippen LogP contribution in [-0.2, 0) is 14.8 Å². The number of nitrogens with zero attached hydrogens (tertiary/aromatic N) is 1. The molecule has 1 amide bonds. The van der Waals surface area contributed by atoms with Crippen molar-refractivity contribution in [2.75, 3.05) is 16.6 Å². The summed E-state index contributed by atoms with van der Waals surface area (Å²) in [6.07, 6.45) is 1.50. The number of carbonyl (C=O) groups excluding carboxylic acids is 2. The Morgan fingerprint density at radius 1 is 1.20 bits per heavy atom. The first kappa shape index (κ1) is 21.5. The van der Waals surface area contributed by atoms with Crippen LogP contribution in [0.15, 0.2) is 40.7 Å². The average Bonchev–Trinajstić information content (AvgIpc) is 3.29. The molecule has 2 aromatic heterocycles. The third-order valence-electron chi connectivity index (χ3n) is 4.22. The summed E-state index contributed by atoms with van der Waals surface area (Å²) >= 11 is 1.17. The van der Waals surface area contributed by atoms with Crippen molar-refractivity contribution in [1.82, 2.24) is 9.97 Å². The Bertz CT molecular complexity index is 1170. The monoisotopic (exact) mass is 448 g/mol. The first-order chi connectivity index (χ1) is 14.2. The number of benzene rings is 1. The summed E-state index contributed by atoms with van der Waals surface area (Å²) in [5.41, 5.74) is 1.98. The molecule has 0 spiro atoms. The average molecular weight is 449 g/mol. The molecule has 0 fully saturated rings. The number of aromatic nitrogens is 2. The van der Waals surface area contributed by atoms with Crippen LogP contribution in [0, 0.1) is 13.8 Å². The van der Waals surface area contributed by atoms with Crippen molar-refractivity contribution in [3.05, 3.63) is 58.4 Å². The Hall–Kier alpha value is -3.18. The number of anilines is 2. The van der Waals surface area contributed by atoms with Crippen LogP contribution in [0.1, 0.15) is 39.0 Å². The molecule has 0 aliphatic rings. The Morgan fingerprint density at radius 2 is 1.90 bits per heavy atom. The first-order valence-electron chi connectivity index (χ1n) is 8.93. The van der Waals surface area contributed by atoms with E-state index in [0.29, 0.717) is 22.5 Å². The minimum atomic E-state index is -3.78. The minimum Gasteiger partial charge on any atom is -0.461 e. The van der Waals surface area contributed by atoms with Gasteiger partial charge in [-0.15, -0.1) is 11.3 Å². The van der Waals surface area contributed by atoms with Gasteiger partial charge in [-0.3, -0.25) is 9.52 Å². The molecule has 3 aromatic rings. The van der Waals surface area contributed by atoms with Crippen LogP contribution >= 0.6 is 11.3 Å². The predicted molar refractivity (Wildman–Crippen MR) is 114 cm³/mol. The third-order valence-corrected chi connectivity index (χ3v) is 6.39. The Labute approximate surface area is 177 Å². The molecule has 1 aromatic carbocycles. The quantitative estimate of drug-likeness (QED) is 0.475. The van der Waals surface area contributed by atoms with Crippen molar-refractivity contribution in [2.45, 2.75) is 25.7 Å². The third kappa shape index (κ3) is 4.52. The van der Waals surface area contributed by atoms with Gasteiger partial charge in [0.2, 0.25) is 0 Å². The lowest BCUT2D eigenvalue weighted by molar-refractivity contribution is 0.0519. The SMILES string of the molecule is CCOC(=O)c1[nH]c(C)c(C(=O)Nc2ccc(S(=O)(=O)Nc3nccs3)cc2)c1C. The number of aryl methyl sites for hydroxylation is 1. The zero-order valence-corrected chi connectivity index (χ0v) is 18.1. The molecule has 0 atom stereocenters. The molecule has 0 bridgehead atoms. The lowest BCUT2D eigenvalue weighted by Crippen LogP contribution is -2.15. The number of thiazole rings is 1. The second-order valence-corrected chi connectivity index (χ2v) is 8.84. The second-order valence-electron chi connectivity index (χ2n) is 6.27. The van der Waals surface area contributed by atoms with Gasteiger partial charge in [0.25, 0.3) is 15.9 Å². The standard InChI is InChI=1S/C19H20N4O5S2/c1-4-28-18(25)16-11(2)15(12(3)21-16)17(24)22-13-5-7-14(8-6-13)30(26,27)23-19-20-9-10-29-19/h5-10,21H,4H2,1-3H3,(H,20,23)(H,22,24). The van der Waals surface area contributed by atoms with Crippen LogP contribution in [0.3, 0.4) is 0 Å². The van der Waals surface area contributed by atoms with Crippen LogP contribution in [0.25, 0.3) is 0 Å². The summed E-state index contributed by atoms with van der Waals surface area (Å²) in [6.45, 7) is 5.27. The number of esters is 1. The van der Waals surface area contributed by atoms with Crippen LogP contribution < -0.4 is 10.0 Å². The maximum Gasteiger partial charge on any atom is 0.355 e. The van der Waals surface area contributed by atoms with Crippen LogP contribution in [0.5, 0.6) is 0 Å². The van der Waals surface area contributed by atoms with Crippen molar-refractivity contribution in [2.24, 2.45) is 0 Å². The maximum absolute atomic E-state index is 12.7. The highest BCUT2D eigenvalue weighted by molar-refractivity contribution is 7.93. The number of ether oxygens (including phenoxy) is 1. The molecule has 0 aliphatic carbocycles. The van der Waals surface area contributed by atoms with E-state index in [0.717, 1.165) is 0 Å². The number of nitrogens with one attached hydrogen (secondary N) is 3. The summed E-state index contributed by atoms with van der Waals surface area (Å²) in [4.78, 5) is 31.5. The highest BCUT2D eigenvalue weighted by Crippen LogP contribution is 2.22. The molecule has 0 unspecified atom stereocenters. The van der Waals surface area contributed by atoms with Crippen LogP contribution in [-0.4, -0.2) is 36.9 Å². The summed E-state index contributed by atoms with van der Waals surface area (Å²) in [5.74, 6) is -0.951. The zero-order valence-electron chi connectivity index (χ0n) is 16.5. The molecule has 30 heavy (non-hydrogen) atoms. The van der Waals surface area contributed by atoms with E-state index in [1.807, 2.05) is 0 Å². The van der Waals surface area contributed by atoms with Gasteiger partial charge in [0.05, 0.1) is 17.1 Å². The van der Waals surface area contributed by atoms with Gasteiger partial charge in [0, 0.05) is 23.0 Å². The van der Waals surface area contributed by atoms with Gasteiger partial charge in [0.1, 0.15) is 5.69 Å². The van der Waals surface area contributed by atoms with Crippen LogP contribution in [0.2, 0.25) is 0 Å². The van der Waals surface area contributed by atoms with E-state index >= 15 is 0 Å². The summed E-state index contributed by atoms with van der Waals surface area (Å²) < 4.78 is 32.1. The van der Waals surface area contributed by atoms with Gasteiger partial charge in [-0.2, -0.15) is 0 Å². The molecule has 3 rings (SSSR count). The smallest absolute Gasteiger partial charge is 0.355 e. The highest BCUT2D eigenvalue weighted by atomic mass is 32.2. The van der Waals surface area contributed by atoms with E-state index < -0.39 is 21.9 Å². The molecule has 2 heterocycles. The summed E-state index contributed by atoms with van der Waals surface area (Å²) in [7, 11) is -3.78. The number of hydrogen-bond donors (Lipinski definition) is 3. The molecule has 9 nitrogen and oxygen atoms in total. The van der Waals surface area contributed by atoms with E-state index in [9.17, 15) is 18.0 Å². The fourth-order valence-corrected chi connectivity index (χ4v) is 4.65. The molecule has 0 aliphatic heterocycles. The van der Waals surface area contributed by atoms with Gasteiger partial charge >= 0.3 is 5.97 Å². The minimum absolute atomic E-state index is 0.0364. The molecular formula is C19H20N4O5S2. The number of carbonyl (C=O) groups is 2. The fourth-order valence-electron chi connectivity index (χ4n) is 2.86. The maximum atomic E-state index is 12.7. The van der Waals surface area contributed by atoms with Gasteiger partial charge in [-0.25, -0.2) is 18.2 Å². The lowest BCUT2D eigenvalue weighted by atomic mass is 10.1. The number of aromatic amines is 1. The van der Waals surface area contributed by atoms with Crippen molar-refractivity contribution < 1.29 is 22.7 Å². The summed E-state index contributed by atoms with van der Waals surface area (Å²) in [5, 5.41) is 4.64. The number of rotatable bonds is 7. The van der Waals surface area contributed by atoms with Gasteiger partial charge in [0.15, 0.2) is 5.13 Å². The van der Waals surface area contributed by atoms with Gasteiger partial charge in [-0.05, 0) is 50.6 Å². The first-order valence-corrected chi connectivity index (χ1v) is 11.3. The van der Waals surface area contributed by atoms with E-state index in [-0.39, 0.29) is 22.3 Å². The number of hydrogen-bond acceptors (Lipinski definition) is 7. The van der Waals surface area contributed by atoms with Crippen molar-refractivity contribution in [3.63, 3.8) is 0 Å². The van der Waals surface area contributed by atoms with Crippen molar-refractivity contribution >= 4 is 44.1 Å².